The molecule has 2 N–H and O–H groups in total. The third-order valence-corrected chi connectivity index (χ3v) is 5.57. The van der Waals surface area contributed by atoms with E-state index in [0.717, 1.165) is 23.9 Å². The lowest BCUT2D eigenvalue weighted by atomic mass is 10.1. The van der Waals surface area contributed by atoms with Gasteiger partial charge in [-0.15, -0.1) is 11.8 Å². The molecule has 2 saturated heterocycles. The van der Waals surface area contributed by atoms with Gasteiger partial charge in [0.2, 0.25) is 5.91 Å². The molecule has 0 bridgehead atoms. The van der Waals surface area contributed by atoms with Crippen molar-refractivity contribution in [2.24, 2.45) is 0 Å². The van der Waals surface area contributed by atoms with Crippen molar-refractivity contribution in [3.63, 3.8) is 0 Å². The van der Waals surface area contributed by atoms with Gasteiger partial charge < -0.3 is 5.32 Å². The Bertz CT molecular complexity index is 505. The molecule has 0 aromatic heterocycles. The first-order valence-electron chi connectivity index (χ1n) is 7.88. The number of carbonyl (C=O) groups is 1. The van der Waals surface area contributed by atoms with E-state index in [9.17, 15) is 4.79 Å². The maximum absolute atomic E-state index is 12.0. The number of piperidine rings is 1. The Balaban J connectivity index is 1.54. The molecule has 1 aromatic carbocycles. The van der Waals surface area contributed by atoms with Gasteiger partial charge in [-0.2, -0.15) is 0 Å². The van der Waals surface area contributed by atoms with Gasteiger partial charge in [0.1, 0.15) is 6.29 Å². The normalized spacial score (nSPS) is 26.7. The molecule has 0 saturated carbocycles. The third kappa shape index (κ3) is 4.38. The summed E-state index contributed by atoms with van der Waals surface area (Å²) in [5.41, 5.74) is 0. The highest BCUT2D eigenvalue weighted by Crippen LogP contribution is 2.23. The Morgan fingerprint density at radius 1 is 1.18 bits per heavy atom. The Hall–Kier alpha value is -0.750. The maximum atomic E-state index is 12.0. The fourth-order valence-corrected chi connectivity index (χ4v) is 4.03. The van der Waals surface area contributed by atoms with Gasteiger partial charge in [-0.05, 0) is 37.1 Å². The van der Waals surface area contributed by atoms with Gasteiger partial charge in [0.15, 0.2) is 0 Å². The molecular formula is C16H22ClN3OS. The molecule has 2 atom stereocenters. The Labute approximate surface area is 141 Å². The molecule has 0 spiro atoms. The monoisotopic (exact) mass is 339 g/mol. The van der Waals surface area contributed by atoms with Crippen LogP contribution in [0.5, 0.6) is 0 Å². The average molecular weight is 340 g/mol. The lowest BCUT2D eigenvalue weighted by Crippen LogP contribution is -2.65. The molecule has 6 heteroatoms. The van der Waals surface area contributed by atoms with Gasteiger partial charge in [0.25, 0.3) is 0 Å². The minimum Gasteiger partial charge on any atom is -0.328 e. The van der Waals surface area contributed by atoms with Crippen molar-refractivity contribution in [1.82, 2.24) is 15.5 Å². The Kier molecular flexibility index (Phi) is 5.63. The molecule has 4 nitrogen and oxygen atoms in total. The molecule has 0 aliphatic carbocycles. The first-order chi connectivity index (χ1) is 10.7. The summed E-state index contributed by atoms with van der Waals surface area (Å²) in [6.45, 7) is 2.13. The minimum atomic E-state index is -0.00244. The minimum absolute atomic E-state index is 0.00244. The molecule has 2 aliphatic rings. The van der Waals surface area contributed by atoms with Crippen LogP contribution in [0.3, 0.4) is 0 Å². The summed E-state index contributed by atoms with van der Waals surface area (Å²) in [5.74, 6) is 1.04. The molecule has 22 heavy (non-hydrogen) atoms. The topological polar surface area (TPSA) is 44.4 Å². The van der Waals surface area contributed by atoms with Crippen molar-refractivity contribution in [1.29, 1.82) is 0 Å². The maximum Gasteiger partial charge on any atom is 0.223 e. The van der Waals surface area contributed by atoms with Gasteiger partial charge in [0.05, 0.1) is 0 Å². The molecule has 2 fully saturated rings. The van der Waals surface area contributed by atoms with Gasteiger partial charge in [-0.1, -0.05) is 18.0 Å². The van der Waals surface area contributed by atoms with Crippen LogP contribution >= 0.6 is 23.4 Å². The summed E-state index contributed by atoms with van der Waals surface area (Å²) in [4.78, 5) is 15.5. The fourth-order valence-electron chi connectivity index (χ4n) is 2.97. The lowest BCUT2D eigenvalue weighted by Gasteiger charge is -2.40. The number of carbonyl (C=O) groups excluding carboxylic acids is 1. The number of nitrogens with one attached hydrogen (secondary N) is 2. The van der Waals surface area contributed by atoms with Gasteiger partial charge >= 0.3 is 0 Å². The van der Waals surface area contributed by atoms with Crippen LogP contribution in [0.15, 0.2) is 29.2 Å². The third-order valence-electron chi connectivity index (χ3n) is 4.14. The molecule has 1 amide bonds. The molecule has 3 rings (SSSR count). The molecule has 2 heterocycles. The SMILES string of the molecule is O=C1CC(CSc2ccc(Cl)cc2)NC(N2CCCCC2)N1. The van der Waals surface area contributed by atoms with E-state index < -0.39 is 0 Å². The van der Waals surface area contributed by atoms with E-state index in [1.165, 1.54) is 24.2 Å². The van der Waals surface area contributed by atoms with Crippen molar-refractivity contribution in [2.75, 3.05) is 18.8 Å². The van der Waals surface area contributed by atoms with Crippen LogP contribution in [0, 0.1) is 0 Å². The van der Waals surface area contributed by atoms with E-state index in [0.29, 0.717) is 6.42 Å². The number of amides is 1. The van der Waals surface area contributed by atoms with Crippen LogP contribution in [0.1, 0.15) is 25.7 Å². The van der Waals surface area contributed by atoms with Crippen LogP contribution in [0.2, 0.25) is 5.02 Å². The predicted molar refractivity (Wildman–Crippen MR) is 91.1 cm³/mol. The predicted octanol–water partition coefficient (Wildman–Crippen LogP) is 2.68. The number of hydrogen-bond donors (Lipinski definition) is 2. The molecule has 2 aliphatic heterocycles. The average Bonchev–Trinajstić information content (AvgIpc) is 2.55. The van der Waals surface area contributed by atoms with Crippen molar-refractivity contribution in [3.8, 4) is 0 Å². The zero-order valence-electron chi connectivity index (χ0n) is 12.6. The fraction of sp³-hybridized carbons (Fsp3) is 0.562. The smallest absolute Gasteiger partial charge is 0.223 e. The summed E-state index contributed by atoms with van der Waals surface area (Å²) in [7, 11) is 0. The number of halogens is 1. The summed E-state index contributed by atoms with van der Waals surface area (Å²) in [6.07, 6.45) is 4.28. The summed E-state index contributed by atoms with van der Waals surface area (Å²) >= 11 is 7.67. The highest BCUT2D eigenvalue weighted by molar-refractivity contribution is 7.99. The second-order valence-electron chi connectivity index (χ2n) is 5.90. The molecule has 1 aromatic rings. The molecular weight excluding hydrogens is 318 g/mol. The highest BCUT2D eigenvalue weighted by atomic mass is 35.5. The van der Waals surface area contributed by atoms with E-state index in [1.54, 1.807) is 11.8 Å². The summed E-state index contributed by atoms with van der Waals surface area (Å²) in [6, 6.07) is 8.07. The van der Waals surface area contributed by atoms with Crippen LogP contribution in [-0.4, -0.2) is 42.0 Å². The van der Waals surface area contributed by atoms with E-state index >= 15 is 0 Å². The van der Waals surface area contributed by atoms with Crippen molar-refractivity contribution in [2.45, 2.75) is 42.9 Å². The second-order valence-corrected chi connectivity index (χ2v) is 7.43. The van der Waals surface area contributed by atoms with E-state index in [1.807, 2.05) is 24.3 Å². The largest absolute Gasteiger partial charge is 0.328 e. The zero-order chi connectivity index (χ0) is 15.4. The van der Waals surface area contributed by atoms with Crippen molar-refractivity contribution >= 4 is 29.3 Å². The first-order valence-corrected chi connectivity index (χ1v) is 9.25. The van der Waals surface area contributed by atoms with E-state index in [4.69, 9.17) is 11.6 Å². The molecule has 120 valence electrons. The number of likely N-dealkylation sites (tertiary alicyclic amines) is 1. The summed E-state index contributed by atoms with van der Waals surface area (Å²) in [5, 5.41) is 7.41. The quantitative estimate of drug-likeness (QED) is 0.828. The number of benzene rings is 1. The van der Waals surface area contributed by atoms with Crippen LogP contribution < -0.4 is 10.6 Å². The van der Waals surface area contributed by atoms with Gasteiger partial charge in [-0.3, -0.25) is 15.0 Å². The summed E-state index contributed by atoms with van der Waals surface area (Å²) < 4.78 is 0. The Morgan fingerprint density at radius 3 is 2.64 bits per heavy atom. The number of nitrogens with zero attached hydrogens (tertiary/aromatic N) is 1. The van der Waals surface area contributed by atoms with Gasteiger partial charge in [0, 0.05) is 41.2 Å². The van der Waals surface area contributed by atoms with E-state index in [-0.39, 0.29) is 18.2 Å². The van der Waals surface area contributed by atoms with Crippen LogP contribution in [-0.2, 0) is 4.79 Å². The molecule has 2 unspecified atom stereocenters. The van der Waals surface area contributed by atoms with E-state index in [2.05, 4.69) is 15.5 Å². The lowest BCUT2D eigenvalue weighted by molar-refractivity contribution is -0.126. The zero-order valence-corrected chi connectivity index (χ0v) is 14.1. The number of thioether (sulfide) groups is 1. The second kappa shape index (κ2) is 7.68. The number of rotatable bonds is 4. The first kappa shape index (κ1) is 16.1. The standard InChI is InChI=1S/C16H22ClN3OS/c17-12-4-6-14(7-5-12)22-11-13-10-15(21)19-16(18-13)20-8-2-1-3-9-20/h4-7,13,16,18H,1-3,8-11H2,(H,19,21). The van der Waals surface area contributed by atoms with Crippen molar-refractivity contribution in [3.05, 3.63) is 29.3 Å². The highest BCUT2D eigenvalue weighted by Gasteiger charge is 2.30. The molecule has 0 radical (unpaired) electrons. The number of hydrogen-bond acceptors (Lipinski definition) is 4. The van der Waals surface area contributed by atoms with Crippen molar-refractivity contribution < 1.29 is 4.79 Å². The van der Waals surface area contributed by atoms with Crippen LogP contribution in [0.25, 0.3) is 0 Å². The van der Waals surface area contributed by atoms with Crippen LogP contribution in [0.4, 0.5) is 0 Å². The van der Waals surface area contributed by atoms with Gasteiger partial charge in [-0.25, -0.2) is 0 Å². The Morgan fingerprint density at radius 2 is 1.91 bits per heavy atom.